The first-order valence-corrected chi connectivity index (χ1v) is 48.6. The Morgan fingerprint density at radius 2 is 0.354 bits per heavy atom. The highest BCUT2D eigenvalue weighted by Crippen LogP contribution is 2.46. The summed E-state index contributed by atoms with van der Waals surface area (Å²) in [6.07, 6.45) is 20.1. The lowest BCUT2D eigenvalue weighted by Gasteiger charge is -2.15. The lowest BCUT2D eigenvalue weighted by Crippen LogP contribution is -1.93. The summed E-state index contributed by atoms with van der Waals surface area (Å²) < 4.78 is 0. The molecule has 0 saturated heterocycles. The highest BCUT2D eigenvalue weighted by atomic mass is 14.8. The topological polar surface area (TPSA) is 103 Å². The zero-order chi connectivity index (χ0) is 95.6. The first kappa shape index (κ1) is 86.3. The minimum absolute atomic E-state index is 0.830. The second-order valence-electron chi connectivity index (χ2n) is 36.5. The molecule has 8 heteroatoms. The van der Waals surface area contributed by atoms with Gasteiger partial charge in [0.25, 0.3) is 0 Å². The maximum Gasteiger partial charge on any atom is 0.0899 e. The average molecular weight is 1830 g/mol. The average Bonchev–Trinajstić information content (AvgIpc) is 0.678. The molecule has 0 aliphatic rings. The minimum atomic E-state index is 0.830. The highest BCUT2D eigenvalue weighted by Gasteiger charge is 2.21. The molecular formula is C136H88N8. The third kappa shape index (κ3) is 17.0. The van der Waals surface area contributed by atoms with Crippen LogP contribution in [0.15, 0.2) is 535 Å². The molecule has 19 aromatic carbocycles. The molecule has 8 nitrogen and oxygen atoms in total. The normalized spacial score (nSPS) is 11.3. The second kappa shape index (κ2) is 38.2. The van der Waals surface area contributed by atoms with E-state index in [0.717, 1.165) is 101 Å². The second-order valence-corrected chi connectivity index (χ2v) is 36.5. The summed E-state index contributed by atoms with van der Waals surface area (Å²) in [6.45, 7) is 0. The Balaban J connectivity index is 0.000000113. The van der Waals surface area contributed by atoms with E-state index in [2.05, 4.69) is 442 Å². The van der Waals surface area contributed by atoms with Crippen LogP contribution in [-0.2, 0) is 0 Å². The molecule has 27 rings (SSSR count). The van der Waals surface area contributed by atoms with Crippen LogP contribution in [0, 0.1) is 0 Å². The predicted molar refractivity (Wildman–Crippen MR) is 601 cm³/mol. The molecule has 8 aromatic heterocycles. The lowest BCUT2D eigenvalue weighted by atomic mass is 9.88. The van der Waals surface area contributed by atoms with Crippen LogP contribution in [0.4, 0.5) is 0 Å². The quantitative estimate of drug-likeness (QED) is 0.0935. The predicted octanol–water partition coefficient (Wildman–Crippen LogP) is 35.6. The van der Waals surface area contributed by atoms with Gasteiger partial charge in [-0.1, -0.05) is 303 Å². The molecule has 0 aliphatic heterocycles. The fourth-order valence-electron chi connectivity index (χ4n) is 20.9. The third-order valence-corrected chi connectivity index (χ3v) is 27.8. The van der Waals surface area contributed by atoms with E-state index in [9.17, 15) is 0 Å². The van der Waals surface area contributed by atoms with Crippen LogP contribution >= 0.6 is 0 Å². The monoisotopic (exact) mass is 1830 g/mol. The van der Waals surface area contributed by atoms with E-state index in [0.29, 0.717) is 0 Å². The van der Waals surface area contributed by atoms with Crippen molar-refractivity contribution in [2.45, 2.75) is 0 Å². The van der Waals surface area contributed by atoms with Crippen LogP contribution < -0.4 is 0 Å². The van der Waals surface area contributed by atoms with Crippen molar-refractivity contribution in [1.82, 2.24) is 39.9 Å². The molecule has 144 heavy (non-hydrogen) atoms. The van der Waals surface area contributed by atoms with E-state index in [4.69, 9.17) is 9.97 Å². The first-order valence-electron chi connectivity index (χ1n) is 48.6. The number of hydrogen-bond acceptors (Lipinski definition) is 8. The van der Waals surface area contributed by atoms with Gasteiger partial charge in [-0.15, -0.1) is 0 Å². The van der Waals surface area contributed by atoms with Gasteiger partial charge in [-0.3, -0.25) is 29.9 Å². The third-order valence-electron chi connectivity index (χ3n) is 27.8. The van der Waals surface area contributed by atoms with E-state index >= 15 is 0 Å². The minimum Gasteiger partial charge on any atom is -0.265 e. The van der Waals surface area contributed by atoms with Crippen molar-refractivity contribution in [2.75, 3.05) is 0 Å². The Bertz CT molecular complexity index is 8840. The van der Waals surface area contributed by atoms with Gasteiger partial charge in [0.15, 0.2) is 0 Å². The van der Waals surface area contributed by atoms with Crippen molar-refractivity contribution >= 4 is 97.0 Å². The summed E-state index contributed by atoms with van der Waals surface area (Å²) in [5, 5.41) is 23.2. The molecule has 27 aromatic rings. The zero-order valence-corrected chi connectivity index (χ0v) is 78.4. The number of benzene rings is 19. The molecule has 0 N–H and O–H groups in total. The van der Waals surface area contributed by atoms with Gasteiger partial charge in [0.05, 0.1) is 28.5 Å². The Kier molecular flexibility index (Phi) is 22.9. The van der Waals surface area contributed by atoms with Crippen LogP contribution in [0.1, 0.15) is 0 Å². The molecule has 0 atom stereocenters. The maximum atomic E-state index is 5.00. The Hall–Kier alpha value is -19.3. The van der Waals surface area contributed by atoms with Crippen molar-refractivity contribution < 1.29 is 0 Å². The van der Waals surface area contributed by atoms with Gasteiger partial charge in [-0.05, 0) is 383 Å². The summed E-state index contributed by atoms with van der Waals surface area (Å²) in [5.41, 5.74) is 32.9. The van der Waals surface area contributed by atoms with Crippen LogP contribution in [0.3, 0.4) is 0 Å². The SMILES string of the molecule is c1cc(-c2cc(-c3ccncc3)cc(-c3ccncc3)c2)cc(-c2cccc(-c3cccc4c5ccccc5c5ccccc5c34)c2)c1.c1cc(-c2cccc(-c3ccc4c5ccccc5c5ccccc5c4c3)c2)cc(-c2cc(-c3cccnc3)nc(-c3cccnc3)c2)c1.c1ccc(-c2cc(-c3cccc(-c4cccc(-c5ccc6c7ccccc7c7ccccc7c6c5)c4)c3)cc(-c3cccnc3)n2)nc1. The summed E-state index contributed by atoms with van der Waals surface area (Å²) >= 11 is 0. The van der Waals surface area contributed by atoms with E-state index in [-0.39, 0.29) is 0 Å². The molecule has 0 fully saturated rings. The number of hydrogen-bond donors (Lipinski definition) is 0. The van der Waals surface area contributed by atoms with Gasteiger partial charge in [0.1, 0.15) is 0 Å². The van der Waals surface area contributed by atoms with E-state index in [1.165, 1.54) is 164 Å². The van der Waals surface area contributed by atoms with E-state index in [1.807, 2.05) is 98.0 Å². The Morgan fingerprint density at radius 1 is 0.111 bits per heavy atom. The van der Waals surface area contributed by atoms with Gasteiger partial charge < -0.3 is 0 Å². The van der Waals surface area contributed by atoms with Crippen LogP contribution in [0.5, 0.6) is 0 Å². The molecule has 0 amide bonds. The number of pyridine rings is 8. The summed E-state index contributed by atoms with van der Waals surface area (Å²) in [4.78, 5) is 36.1. The van der Waals surface area contributed by atoms with Crippen LogP contribution in [-0.4, -0.2) is 39.9 Å². The number of nitrogens with zero attached hydrogens (tertiary/aromatic N) is 8. The highest BCUT2D eigenvalue weighted by molar-refractivity contribution is 6.30. The smallest absolute Gasteiger partial charge is 0.0899 e. The van der Waals surface area contributed by atoms with Crippen molar-refractivity contribution in [1.29, 1.82) is 0 Å². The van der Waals surface area contributed by atoms with E-state index < -0.39 is 0 Å². The molecule has 0 unspecified atom stereocenters. The molecule has 0 bridgehead atoms. The van der Waals surface area contributed by atoms with Crippen molar-refractivity contribution in [3.05, 3.63) is 535 Å². The molecule has 0 radical (unpaired) electrons. The van der Waals surface area contributed by atoms with Crippen molar-refractivity contribution in [3.8, 4) is 168 Å². The van der Waals surface area contributed by atoms with Gasteiger partial charge in [0, 0.05) is 84.9 Å². The molecule has 8 heterocycles. The fourth-order valence-corrected chi connectivity index (χ4v) is 20.9. The van der Waals surface area contributed by atoms with Crippen LogP contribution in [0.2, 0.25) is 0 Å². The van der Waals surface area contributed by atoms with Gasteiger partial charge in [-0.2, -0.15) is 0 Å². The number of aromatic nitrogens is 8. The maximum absolute atomic E-state index is 5.00. The number of rotatable bonds is 15. The van der Waals surface area contributed by atoms with Gasteiger partial charge in [0.2, 0.25) is 0 Å². The Morgan fingerprint density at radius 3 is 0.688 bits per heavy atom. The molecule has 672 valence electrons. The summed E-state index contributed by atoms with van der Waals surface area (Å²) in [6, 6.07) is 168. The molecular weight excluding hydrogens is 1750 g/mol. The van der Waals surface area contributed by atoms with Crippen molar-refractivity contribution in [2.24, 2.45) is 0 Å². The standard InChI is InChI=1S/C46H30N2.2C45H29N3/c1-2-13-43-41(12-1)42-14-3-4-15-44(42)46-40(16-7-17-45(43)46)36-11-6-9-34(27-36)33-8-5-10-35(26-33)39-29-37(31-18-22-47-23-19-31)28-38(30-39)32-20-24-48-25-21-32;1-2-17-40-38(15-1)39-16-3-4-18-41(39)43-25-34(19-20-42(40)43)32-11-5-9-30(23-32)31-10-6-12-33(24-31)37-26-44(35-13-7-21-46-28-35)48-45(27-37)36-14-8-22-47-29-36;1-2-17-39-37(15-1)38-16-3-4-18-40(38)42-26-34(20-21-41(39)42)32-12-7-10-30(24-32)31-11-8-13-33(25-31)36-27-44(35-14-9-22-46-29-35)48-45(28-36)43-19-5-6-23-47-43/h1-30H;2*1-29H. The summed E-state index contributed by atoms with van der Waals surface area (Å²) in [5.74, 6) is 0. The zero-order valence-electron chi connectivity index (χ0n) is 78.4. The Labute approximate surface area is 833 Å². The number of fused-ring (bicyclic) bond motifs is 18. The molecule has 0 spiro atoms. The molecule has 0 saturated carbocycles. The van der Waals surface area contributed by atoms with E-state index in [1.54, 1.807) is 24.8 Å². The van der Waals surface area contributed by atoms with Gasteiger partial charge >= 0.3 is 0 Å². The molecule has 0 aliphatic carbocycles. The largest absolute Gasteiger partial charge is 0.265 e. The first-order chi connectivity index (χ1) is 71.4. The fraction of sp³-hybridized carbons (Fsp3) is 0. The lowest BCUT2D eigenvalue weighted by molar-refractivity contribution is 1.24. The van der Waals surface area contributed by atoms with Gasteiger partial charge in [-0.25, -0.2) is 9.97 Å². The van der Waals surface area contributed by atoms with Crippen molar-refractivity contribution in [3.63, 3.8) is 0 Å². The summed E-state index contributed by atoms with van der Waals surface area (Å²) in [7, 11) is 0. The van der Waals surface area contributed by atoms with Crippen LogP contribution in [0.25, 0.3) is 265 Å².